The lowest BCUT2D eigenvalue weighted by atomic mass is 10.1. The molecule has 2 atom stereocenters. The first-order valence-electron chi connectivity index (χ1n) is 8.35. The van der Waals surface area contributed by atoms with E-state index in [2.05, 4.69) is 11.8 Å². The molecule has 0 radical (unpaired) electrons. The third-order valence-electron chi connectivity index (χ3n) is 4.52. The largest absolute Gasteiger partial charge is 0.481 e. The Morgan fingerprint density at radius 1 is 1.21 bits per heavy atom. The summed E-state index contributed by atoms with van der Waals surface area (Å²) in [4.78, 5) is 13.3. The zero-order valence-corrected chi connectivity index (χ0v) is 14.1. The minimum Gasteiger partial charge on any atom is -0.481 e. The molecule has 2 aromatic carbocycles. The minimum atomic E-state index is -0.737. The summed E-state index contributed by atoms with van der Waals surface area (Å²) >= 11 is 0. The fourth-order valence-corrected chi connectivity index (χ4v) is 3.37. The summed E-state index contributed by atoms with van der Waals surface area (Å²) in [5.41, 5.74) is 2.15. The van der Waals surface area contributed by atoms with Gasteiger partial charge in [-0.05, 0) is 55.2 Å². The van der Waals surface area contributed by atoms with E-state index < -0.39 is 5.97 Å². The van der Waals surface area contributed by atoms with Gasteiger partial charge >= 0.3 is 5.97 Å². The van der Waals surface area contributed by atoms with E-state index in [0.29, 0.717) is 5.92 Å². The number of aliphatic carboxylic acids is 1. The van der Waals surface area contributed by atoms with Crippen molar-refractivity contribution >= 4 is 11.7 Å². The summed E-state index contributed by atoms with van der Waals surface area (Å²) in [6.07, 6.45) is 1.11. The van der Waals surface area contributed by atoms with Crippen LogP contribution < -0.4 is 9.64 Å². The molecule has 0 spiro atoms. The monoisotopic (exact) mass is 325 g/mol. The first-order valence-corrected chi connectivity index (χ1v) is 8.35. The summed E-state index contributed by atoms with van der Waals surface area (Å²) in [5, 5.41) is 9.11. The van der Waals surface area contributed by atoms with Crippen LogP contribution in [0.1, 0.15) is 25.3 Å². The fourth-order valence-electron chi connectivity index (χ4n) is 3.37. The number of nitrogens with zero attached hydrogens (tertiary/aromatic N) is 1. The van der Waals surface area contributed by atoms with Crippen molar-refractivity contribution in [3.63, 3.8) is 0 Å². The highest BCUT2D eigenvalue weighted by Crippen LogP contribution is 2.33. The molecule has 2 aromatic rings. The number of hydrogen-bond donors (Lipinski definition) is 1. The molecule has 0 amide bonds. The molecule has 4 nitrogen and oxygen atoms in total. The molecule has 4 heteroatoms. The Balaban J connectivity index is 1.74. The maximum atomic E-state index is 11.1. The van der Waals surface area contributed by atoms with Crippen LogP contribution in [-0.4, -0.2) is 23.7 Å². The number of ether oxygens (including phenoxy) is 1. The highest BCUT2D eigenvalue weighted by molar-refractivity contribution is 5.69. The number of carbonyl (C=O) groups is 1. The van der Waals surface area contributed by atoms with Gasteiger partial charge in [0.15, 0.2) is 0 Å². The molecule has 1 aliphatic heterocycles. The van der Waals surface area contributed by atoms with Gasteiger partial charge in [0.2, 0.25) is 0 Å². The van der Waals surface area contributed by atoms with Gasteiger partial charge in [-0.2, -0.15) is 0 Å². The minimum absolute atomic E-state index is 0.0700. The van der Waals surface area contributed by atoms with Gasteiger partial charge in [-0.3, -0.25) is 4.79 Å². The first kappa shape index (κ1) is 16.4. The molecule has 0 aliphatic carbocycles. The second-order valence-electron chi connectivity index (χ2n) is 6.61. The van der Waals surface area contributed by atoms with Gasteiger partial charge in [-0.1, -0.05) is 25.1 Å². The number of carboxylic acids is 1. The van der Waals surface area contributed by atoms with Gasteiger partial charge in [0.25, 0.3) is 0 Å². The number of benzene rings is 2. The van der Waals surface area contributed by atoms with E-state index in [9.17, 15) is 4.79 Å². The molecule has 1 fully saturated rings. The molecular formula is C20H23NO3. The van der Waals surface area contributed by atoms with E-state index in [1.165, 1.54) is 0 Å². The SMILES string of the molecule is Cc1ccccc1Oc1ccc(N2C[C@@H](C)C[C@H]2CC(=O)O)cc1. The summed E-state index contributed by atoms with van der Waals surface area (Å²) in [7, 11) is 0. The van der Waals surface area contributed by atoms with Crippen LogP contribution in [0.3, 0.4) is 0 Å². The van der Waals surface area contributed by atoms with Gasteiger partial charge in [-0.15, -0.1) is 0 Å². The Hall–Kier alpha value is -2.49. The lowest BCUT2D eigenvalue weighted by Gasteiger charge is -2.26. The summed E-state index contributed by atoms with van der Waals surface area (Å²) < 4.78 is 5.93. The van der Waals surface area contributed by atoms with Gasteiger partial charge < -0.3 is 14.7 Å². The second-order valence-corrected chi connectivity index (χ2v) is 6.61. The molecule has 3 rings (SSSR count). The van der Waals surface area contributed by atoms with Crippen LogP contribution in [0.25, 0.3) is 0 Å². The van der Waals surface area contributed by atoms with Crippen molar-refractivity contribution < 1.29 is 14.6 Å². The second kappa shape index (κ2) is 6.95. The number of hydrogen-bond acceptors (Lipinski definition) is 3. The van der Waals surface area contributed by atoms with Crippen molar-refractivity contribution in [2.75, 3.05) is 11.4 Å². The van der Waals surface area contributed by atoms with Crippen LogP contribution in [0.2, 0.25) is 0 Å². The van der Waals surface area contributed by atoms with Gasteiger partial charge in [0.05, 0.1) is 6.42 Å². The number of rotatable bonds is 5. The van der Waals surface area contributed by atoms with Crippen molar-refractivity contribution in [2.45, 2.75) is 32.7 Å². The summed E-state index contributed by atoms with van der Waals surface area (Å²) in [5.74, 6) is 1.41. The van der Waals surface area contributed by atoms with Crippen molar-refractivity contribution in [2.24, 2.45) is 5.92 Å². The lowest BCUT2D eigenvalue weighted by Crippen LogP contribution is -2.31. The molecule has 126 valence electrons. The van der Waals surface area contributed by atoms with Gasteiger partial charge in [-0.25, -0.2) is 0 Å². The topological polar surface area (TPSA) is 49.8 Å². The zero-order chi connectivity index (χ0) is 17.1. The van der Waals surface area contributed by atoms with Crippen LogP contribution in [0.5, 0.6) is 11.5 Å². The quantitative estimate of drug-likeness (QED) is 0.881. The molecule has 24 heavy (non-hydrogen) atoms. The number of aryl methyl sites for hydroxylation is 1. The van der Waals surface area contributed by atoms with Crippen LogP contribution in [-0.2, 0) is 4.79 Å². The van der Waals surface area contributed by atoms with E-state index in [1.54, 1.807) is 0 Å². The van der Waals surface area contributed by atoms with Gasteiger partial charge in [0.1, 0.15) is 11.5 Å². The van der Waals surface area contributed by atoms with Crippen molar-refractivity contribution in [3.05, 3.63) is 54.1 Å². The smallest absolute Gasteiger partial charge is 0.305 e. The summed E-state index contributed by atoms with van der Waals surface area (Å²) in [6.45, 7) is 5.09. The average Bonchev–Trinajstić information content (AvgIpc) is 2.90. The van der Waals surface area contributed by atoms with Crippen LogP contribution in [0.15, 0.2) is 48.5 Å². The van der Waals surface area contributed by atoms with E-state index in [1.807, 2.05) is 55.5 Å². The van der Waals surface area contributed by atoms with Crippen molar-refractivity contribution in [3.8, 4) is 11.5 Å². The molecule has 0 bridgehead atoms. The lowest BCUT2D eigenvalue weighted by molar-refractivity contribution is -0.137. The van der Waals surface area contributed by atoms with Crippen LogP contribution in [0, 0.1) is 12.8 Å². The van der Waals surface area contributed by atoms with E-state index in [-0.39, 0.29) is 12.5 Å². The van der Waals surface area contributed by atoms with E-state index >= 15 is 0 Å². The Labute approximate surface area is 142 Å². The Morgan fingerprint density at radius 2 is 1.92 bits per heavy atom. The number of anilines is 1. The number of carboxylic acid groups (broad SMARTS) is 1. The highest BCUT2D eigenvalue weighted by Gasteiger charge is 2.31. The maximum absolute atomic E-state index is 11.1. The first-order chi connectivity index (χ1) is 11.5. The average molecular weight is 325 g/mol. The molecule has 1 heterocycles. The van der Waals surface area contributed by atoms with Gasteiger partial charge in [0, 0.05) is 18.3 Å². The molecule has 1 aliphatic rings. The summed E-state index contributed by atoms with van der Waals surface area (Å²) in [6, 6.07) is 15.9. The highest BCUT2D eigenvalue weighted by atomic mass is 16.5. The maximum Gasteiger partial charge on any atom is 0.305 e. The normalized spacial score (nSPS) is 20.2. The molecule has 0 saturated carbocycles. The van der Waals surface area contributed by atoms with Crippen molar-refractivity contribution in [1.82, 2.24) is 0 Å². The van der Waals surface area contributed by atoms with Crippen molar-refractivity contribution in [1.29, 1.82) is 0 Å². The zero-order valence-electron chi connectivity index (χ0n) is 14.1. The predicted octanol–water partition coefficient (Wildman–Crippen LogP) is 4.48. The third kappa shape index (κ3) is 3.70. The predicted molar refractivity (Wildman–Crippen MR) is 94.9 cm³/mol. The van der Waals surface area contributed by atoms with Crippen LogP contribution in [0.4, 0.5) is 5.69 Å². The molecule has 0 unspecified atom stereocenters. The molecule has 0 aromatic heterocycles. The van der Waals surface area contributed by atoms with E-state index in [0.717, 1.165) is 35.7 Å². The fraction of sp³-hybridized carbons (Fsp3) is 0.350. The molecule has 1 saturated heterocycles. The number of para-hydroxylation sites is 1. The van der Waals surface area contributed by atoms with Crippen LogP contribution >= 0.6 is 0 Å². The Morgan fingerprint density at radius 3 is 2.58 bits per heavy atom. The molecule has 1 N–H and O–H groups in total. The third-order valence-corrected chi connectivity index (χ3v) is 4.52. The Bertz CT molecular complexity index is 711. The van der Waals surface area contributed by atoms with E-state index in [4.69, 9.17) is 9.84 Å². The standard InChI is InChI=1S/C20H23NO3/c1-14-11-17(12-20(22)23)21(13-14)16-7-9-18(10-8-16)24-19-6-4-3-5-15(19)2/h3-10,14,17H,11-13H2,1-2H3,(H,22,23)/t14-,17-/m0/s1. The molecular weight excluding hydrogens is 302 g/mol. The Kier molecular flexibility index (Phi) is 4.74.